The Balaban J connectivity index is 1.59. The molecule has 1 aromatic carbocycles. The van der Waals surface area contributed by atoms with Crippen molar-refractivity contribution in [2.75, 3.05) is 11.1 Å². The molecule has 0 bridgehead atoms. The number of nitrogens with one attached hydrogen (secondary N) is 1. The molecule has 3 aromatic rings. The fourth-order valence-corrected chi connectivity index (χ4v) is 4.11. The fraction of sp³-hybridized carbons (Fsp3) is 0.333. The van der Waals surface area contributed by atoms with Crippen molar-refractivity contribution in [3.63, 3.8) is 0 Å². The van der Waals surface area contributed by atoms with Crippen LogP contribution in [0.5, 0.6) is 5.75 Å². The number of nitrogens with zero attached hydrogens (tertiary/aromatic N) is 4. The van der Waals surface area contributed by atoms with Crippen LogP contribution in [0.25, 0.3) is 0 Å². The van der Waals surface area contributed by atoms with Crippen LogP contribution < -0.4 is 10.1 Å². The second-order valence-electron chi connectivity index (χ2n) is 6.94. The molecule has 2 heterocycles. The highest BCUT2D eigenvalue weighted by Gasteiger charge is 2.15. The largest absolute Gasteiger partial charge is 0.486 e. The molecule has 30 heavy (non-hydrogen) atoms. The van der Waals surface area contributed by atoms with Gasteiger partial charge in [0.1, 0.15) is 12.4 Å². The highest BCUT2D eigenvalue weighted by Crippen LogP contribution is 2.22. The Kier molecular flexibility index (Phi) is 7.64. The molecule has 0 atom stereocenters. The highest BCUT2D eigenvalue weighted by molar-refractivity contribution is 7.99. The summed E-state index contributed by atoms with van der Waals surface area (Å²) in [4.78, 5) is 16.4. The van der Waals surface area contributed by atoms with Crippen LogP contribution in [-0.2, 0) is 17.9 Å². The van der Waals surface area contributed by atoms with Gasteiger partial charge in [-0.25, -0.2) is 4.98 Å². The number of ether oxygens (including phenoxy) is 1. The molecule has 0 aliphatic carbocycles. The highest BCUT2D eigenvalue weighted by atomic mass is 32.2. The average Bonchev–Trinajstić information content (AvgIpc) is 3.31. The van der Waals surface area contributed by atoms with E-state index in [1.807, 2.05) is 29.0 Å². The number of thioether (sulfide) groups is 1. The lowest BCUT2D eigenvalue weighted by atomic mass is 10.0. The topological polar surface area (TPSA) is 81.9 Å². The van der Waals surface area contributed by atoms with Crippen molar-refractivity contribution in [3.05, 3.63) is 59.4 Å². The summed E-state index contributed by atoms with van der Waals surface area (Å²) in [6, 6.07) is 8.06. The van der Waals surface area contributed by atoms with Gasteiger partial charge in [0.15, 0.2) is 16.1 Å². The zero-order valence-corrected chi connectivity index (χ0v) is 18.9. The Bertz CT molecular complexity index is 995. The third-order valence-electron chi connectivity index (χ3n) is 4.22. The van der Waals surface area contributed by atoms with Crippen LogP contribution in [0.4, 0.5) is 5.13 Å². The van der Waals surface area contributed by atoms with Crippen molar-refractivity contribution in [2.45, 2.75) is 45.0 Å². The van der Waals surface area contributed by atoms with E-state index in [2.05, 4.69) is 53.1 Å². The van der Waals surface area contributed by atoms with Crippen LogP contribution in [0.15, 0.2) is 47.5 Å². The Morgan fingerprint density at radius 1 is 1.33 bits per heavy atom. The molecule has 0 saturated heterocycles. The van der Waals surface area contributed by atoms with Gasteiger partial charge in [-0.2, -0.15) is 0 Å². The van der Waals surface area contributed by atoms with Crippen molar-refractivity contribution >= 4 is 34.1 Å². The quantitative estimate of drug-likeness (QED) is 0.362. The van der Waals surface area contributed by atoms with Gasteiger partial charge < -0.3 is 10.1 Å². The molecule has 9 heteroatoms. The molecule has 0 aliphatic rings. The van der Waals surface area contributed by atoms with Gasteiger partial charge in [0, 0.05) is 11.9 Å². The summed E-state index contributed by atoms with van der Waals surface area (Å²) < 4.78 is 7.78. The van der Waals surface area contributed by atoms with E-state index in [0.717, 1.165) is 11.4 Å². The molecule has 1 amide bonds. The Morgan fingerprint density at radius 2 is 2.10 bits per heavy atom. The van der Waals surface area contributed by atoms with Gasteiger partial charge in [0.2, 0.25) is 5.91 Å². The molecule has 0 saturated carbocycles. The van der Waals surface area contributed by atoms with Crippen LogP contribution in [-0.4, -0.2) is 31.4 Å². The first kappa shape index (κ1) is 22.0. The lowest BCUT2D eigenvalue weighted by molar-refractivity contribution is -0.113. The predicted octanol–water partition coefficient (Wildman–Crippen LogP) is 4.66. The number of aromatic nitrogens is 4. The minimum atomic E-state index is -0.134. The first-order valence-corrected chi connectivity index (χ1v) is 11.4. The van der Waals surface area contributed by atoms with Crippen molar-refractivity contribution in [1.82, 2.24) is 19.7 Å². The number of hydrogen-bond donors (Lipinski definition) is 1. The normalized spacial score (nSPS) is 10.9. The van der Waals surface area contributed by atoms with E-state index in [1.165, 1.54) is 28.7 Å². The summed E-state index contributed by atoms with van der Waals surface area (Å²) in [5, 5.41) is 14.4. The van der Waals surface area contributed by atoms with Crippen molar-refractivity contribution in [1.29, 1.82) is 0 Å². The number of thiazole rings is 1. The van der Waals surface area contributed by atoms with Crippen LogP contribution >= 0.6 is 23.1 Å². The van der Waals surface area contributed by atoms with Crippen molar-refractivity contribution in [2.24, 2.45) is 0 Å². The SMILES string of the molecule is C=CCn1c(COc2ccc(C(C)C)cc2)nnc1SCC(=O)Nc1nc(C)cs1. The van der Waals surface area contributed by atoms with Gasteiger partial charge >= 0.3 is 0 Å². The molecule has 0 unspecified atom stereocenters. The zero-order valence-electron chi connectivity index (χ0n) is 17.3. The molecule has 2 aromatic heterocycles. The second kappa shape index (κ2) is 10.4. The van der Waals surface area contributed by atoms with Crippen LogP contribution in [0.2, 0.25) is 0 Å². The summed E-state index contributed by atoms with van der Waals surface area (Å²) in [5.74, 6) is 2.02. The molecule has 0 fully saturated rings. The van der Waals surface area contributed by atoms with Crippen LogP contribution in [0.1, 0.15) is 36.8 Å². The molecule has 0 radical (unpaired) electrons. The molecule has 3 rings (SSSR count). The number of amides is 1. The Morgan fingerprint density at radius 3 is 2.73 bits per heavy atom. The molecular weight excluding hydrogens is 418 g/mol. The van der Waals surface area contributed by atoms with E-state index in [9.17, 15) is 4.79 Å². The molecule has 0 aliphatic heterocycles. The number of allylic oxidation sites excluding steroid dienone is 1. The number of carbonyl (C=O) groups excluding carboxylic acids is 1. The number of rotatable bonds is 10. The number of hydrogen-bond acceptors (Lipinski definition) is 7. The second-order valence-corrected chi connectivity index (χ2v) is 8.74. The lowest BCUT2D eigenvalue weighted by Gasteiger charge is -2.10. The van der Waals surface area contributed by atoms with E-state index in [-0.39, 0.29) is 18.3 Å². The third kappa shape index (κ3) is 5.93. The zero-order chi connectivity index (χ0) is 21.5. The average molecular weight is 444 g/mol. The van der Waals surface area contributed by atoms with Gasteiger partial charge in [-0.3, -0.25) is 9.36 Å². The summed E-state index contributed by atoms with van der Waals surface area (Å²) in [6.07, 6.45) is 1.77. The molecule has 1 N–H and O–H groups in total. The number of benzene rings is 1. The minimum Gasteiger partial charge on any atom is -0.486 e. The standard InChI is InChI=1S/C21H25N5O2S2/c1-5-10-26-18(11-28-17-8-6-16(7-9-17)14(2)3)24-25-21(26)30-13-19(27)23-20-22-15(4)12-29-20/h5-9,12,14H,1,10-11,13H2,2-4H3,(H,22,23,27). The monoisotopic (exact) mass is 443 g/mol. The lowest BCUT2D eigenvalue weighted by Crippen LogP contribution is -2.15. The summed E-state index contributed by atoms with van der Waals surface area (Å²) >= 11 is 2.73. The number of aryl methyl sites for hydroxylation is 1. The smallest absolute Gasteiger partial charge is 0.236 e. The number of carbonyl (C=O) groups is 1. The van der Waals surface area contributed by atoms with Crippen molar-refractivity contribution in [3.8, 4) is 5.75 Å². The Hall–Kier alpha value is -2.65. The summed E-state index contributed by atoms with van der Waals surface area (Å²) in [7, 11) is 0. The van der Waals surface area contributed by atoms with Gasteiger partial charge in [-0.1, -0.05) is 43.8 Å². The van der Waals surface area contributed by atoms with Crippen molar-refractivity contribution < 1.29 is 9.53 Å². The first-order valence-electron chi connectivity index (χ1n) is 9.56. The molecule has 158 valence electrons. The fourth-order valence-electron chi connectivity index (χ4n) is 2.64. The summed E-state index contributed by atoms with van der Waals surface area (Å²) in [5.41, 5.74) is 2.15. The van der Waals surface area contributed by atoms with Gasteiger partial charge in [-0.05, 0) is 30.5 Å². The third-order valence-corrected chi connectivity index (χ3v) is 6.06. The summed E-state index contributed by atoms with van der Waals surface area (Å²) in [6.45, 7) is 10.8. The van der Waals surface area contributed by atoms with Crippen LogP contribution in [0, 0.1) is 6.92 Å². The maximum absolute atomic E-state index is 12.2. The minimum absolute atomic E-state index is 0.134. The first-order chi connectivity index (χ1) is 14.5. The van der Waals surface area contributed by atoms with E-state index >= 15 is 0 Å². The number of anilines is 1. The van der Waals surface area contributed by atoms with Gasteiger partial charge in [-0.15, -0.1) is 28.1 Å². The molecular formula is C21H25N5O2S2. The van der Waals surface area contributed by atoms with E-state index in [4.69, 9.17) is 4.74 Å². The molecule has 7 nitrogen and oxygen atoms in total. The Labute approximate surface area is 184 Å². The van der Waals surface area contributed by atoms with E-state index in [0.29, 0.717) is 28.6 Å². The van der Waals surface area contributed by atoms with E-state index in [1.54, 1.807) is 6.08 Å². The van der Waals surface area contributed by atoms with E-state index < -0.39 is 0 Å². The maximum Gasteiger partial charge on any atom is 0.236 e. The molecule has 0 spiro atoms. The maximum atomic E-state index is 12.2. The van der Waals surface area contributed by atoms with Gasteiger partial charge in [0.25, 0.3) is 0 Å². The van der Waals surface area contributed by atoms with Gasteiger partial charge in [0.05, 0.1) is 11.4 Å². The van der Waals surface area contributed by atoms with Crippen LogP contribution in [0.3, 0.4) is 0 Å². The predicted molar refractivity (Wildman–Crippen MR) is 121 cm³/mol.